The highest BCUT2D eigenvalue weighted by atomic mass is 16.6. The zero-order valence-corrected chi connectivity index (χ0v) is 8.65. The van der Waals surface area contributed by atoms with Crippen LogP contribution in [0.1, 0.15) is 26.2 Å². The zero-order valence-electron chi connectivity index (χ0n) is 8.65. The van der Waals surface area contributed by atoms with Crippen molar-refractivity contribution in [1.29, 1.82) is 0 Å². The highest BCUT2D eigenvalue weighted by Gasteiger charge is 2.42. The van der Waals surface area contributed by atoms with Crippen LogP contribution in [0.4, 0.5) is 0 Å². The van der Waals surface area contributed by atoms with E-state index in [0.29, 0.717) is 25.3 Å². The van der Waals surface area contributed by atoms with Gasteiger partial charge in [-0.05, 0) is 25.2 Å². The van der Waals surface area contributed by atoms with E-state index >= 15 is 0 Å². The minimum atomic E-state index is 0.309. The van der Waals surface area contributed by atoms with Gasteiger partial charge in [-0.1, -0.05) is 19.6 Å². The van der Waals surface area contributed by atoms with Crippen molar-refractivity contribution in [2.75, 3.05) is 6.61 Å². The maximum absolute atomic E-state index is 9.29. The second kappa shape index (κ2) is 5.81. The molecule has 0 N–H and O–H groups in total. The van der Waals surface area contributed by atoms with E-state index in [2.05, 4.69) is 18.2 Å². The number of carbonyl (C=O) groups is 1. The van der Waals surface area contributed by atoms with E-state index in [0.717, 1.165) is 5.92 Å². The standard InChI is InChI=1S/C7H12O.C4H6O2/c1-5-2-3-6-7(4-5)8-6;1-2-3-6-4-5/h5-7H,2-4H2,1H3;2,4H,1,3H2. The van der Waals surface area contributed by atoms with Crippen LogP contribution in [0.3, 0.4) is 0 Å². The largest absolute Gasteiger partial charge is 0.464 e. The number of hydrogen-bond donors (Lipinski definition) is 0. The molecule has 14 heavy (non-hydrogen) atoms. The summed E-state index contributed by atoms with van der Waals surface area (Å²) < 4.78 is 9.53. The van der Waals surface area contributed by atoms with Gasteiger partial charge in [0.15, 0.2) is 0 Å². The summed E-state index contributed by atoms with van der Waals surface area (Å²) in [4.78, 5) is 9.29. The van der Waals surface area contributed by atoms with Crippen LogP contribution in [-0.2, 0) is 14.3 Å². The third kappa shape index (κ3) is 3.92. The number of fused-ring (bicyclic) bond motifs is 1. The molecule has 0 aromatic rings. The van der Waals surface area contributed by atoms with Gasteiger partial charge in [-0.3, -0.25) is 4.79 Å². The van der Waals surface area contributed by atoms with E-state index in [4.69, 9.17) is 4.74 Å². The van der Waals surface area contributed by atoms with Crippen LogP contribution >= 0.6 is 0 Å². The van der Waals surface area contributed by atoms with Crippen molar-refractivity contribution in [3.05, 3.63) is 12.7 Å². The summed E-state index contributed by atoms with van der Waals surface area (Å²) in [5.74, 6) is 0.929. The van der Waals surface area contributed by atoms with Crippen LogP contribution < -0.4 is 0 Å². The van der Waals surface area contributed by atoms with E-state index < -0.39 is 0 Å². The molecule has 3 unspecified atom stereocenters. The maximum atomic E-state index is 9.29. The second-order valence-electron chi connectivity index (χ2n) is 3.85. The Morgan fingerprint density at radius 3 is 2.71 bits per heavy atom. The lowest BCUT2D eigenvalue weighted by molar-refractivity contribution is -0.127. The predicted octanol–water partition coefficient (Wildman–Crippen LogP) is 1.92. The quantitative estimate of drug-likeness (QED) is 0.301. The fourth-order valence-corrected chi connectivity index (χ4v) is 1.71. The lowest BCUT2D eigenvalue weighted by Gasteiger charge is -2.11. The Balaban J connectivity index is 0.000000149. The van der Waals surface area contributed by atoms with E-state index in [1.807, 2.05) is 0 Å². The molecule has 3 nitrogen and oxygen atoms in total. The predicted molar refractivity (Wildman–Crippen MR) is 53.9 cm³/mol. The molecule has 2 fully saturated rings. The van der Waals surface area contributed by atoms with Crippen molar-refractivity contribution in [2.45, 2.75) is 38.4 Å². The van der Waals surface area contributed by atoms with E-state index in [1.165, 1.54) is 25.3 Å². The van der Waals surface area contributed by atoms with Gasteiger partial charge in [0.05, 0.1) is 12.2 Å². The highest BCUT2D eigenvalue weighted by molar-refractivity contribution is 5.37. The van der Waals surface area contributed by atoms with Crippen molar-refractivity contribution in [3.63, 3.8) is 0 Å². The van der Waals surface area contributed by atoms with Gasteiger partial charge in [0, 0.05) is 0 Å². The first kappa shape index (κ1) is 11.2. The molecule has 1 heterocycles. The van der Waals surface area contributed by atoms with Crippen molar-refractivity contribution < 1.29 is 14.3 Å². The zero-order chi connectivity index (χ0) is 10.4. The molecule has 0 aromatic heterocycles. The molecule has 1 aliphatic heterocycles. The van der Waals surface area contributed by atoms with Gasteiger partial charge in [0.1, 0.15) is 6.61 Å². The van der Waals surface area contributed by atoms with Gasteiger partial charge < -0.3 is 9.47 Å². The smallest absolute Gasteiger partial charge is 0.293 e. The van der Waals surface area contributed by atoms with Crippen LogP contribution in [0.5, 0.6) is 0 Å². The Labute approximate surface area is 85.1 Å². The molecule has 0 spiro atoms. The molecule has 2 aliphatic rings. The Morgan fingerprint density at radius 1 is 1.50 bits per heavy atom. The maximum Gasteiger partial charge on any atom is 0.293 e. The molecule has 0 bridgehead atoms. The van der Waals surface area contributed by atoms with Gasteiger partial charge in [-0.2, -0.15) is 0 Å². The number of rotatable bonds is 3. The van der Waals surface area contributed by atoms with Crippen molar-refractivity contribution in [2.24, 2.45) is 5.92 Å². The fraction of sp³-hybridized carbons (Fsp3) is 0.727. The Morgan fingerprint density at radius 2 is 2.29 bits per heavy atom. The summed E-state index contributed by atoms with van der Waals surface area (Å²) in [7, 11) is 0. The monoisotopic (exact) mass is 198 g/mol. The Bertz CT molecular complexity index is 183. The Kier molecular flexibility index (Phi) is 4.66. The average molecular weight is 198 g/mol. The lowest BCUT2D eigenvalue weighted by atomic mass is 9.91. The molecule has 1 saturated heterocycles. The van der Waals surface area contributed by atoms with Crippen LogP contribution in [0.2, 0.25) is 0 Å². The number of hydrogen-bond acceptors (Lipinski definition) is 3. The van der Waals surface area contributed by atoms with Gasteiger partial charge in [-0.25, -0.2) is 0 Å². The van der Waals surface area contributed by atoms with Crippen LogP contribution in [-0.4, -0.2) is 25.3 Å². The average Bonchev–Trinajstić information content (AvgIpc) is 2.93. The van der Waals surface area contributed by atoms with E-state index in [1.54, 1.807) is 0 Å². The van der Waals surface area contributed by atoms with Crippen molar-refractivity contribution >= 4 is 6.47 Å². The van der Waals surface area contributed by atoms with Gasteiger partial charge >= 0.3 is 0 Å². The molecule has 0 aromatic carbocycles. The number of epoxide rings is 1. The molecule has 3 heteroatoms. The summed E-state index contributed by atoms with van der Waals surface area (Å²) in [6.45, 7) is 6.33. The van der Waals surface area contributed by atoms with Crippen LogP contribution in [0.15, 0.2) is 12.7 Å². The van der Waals surface area contributed by atoms with Gasteiger partial charge in [-0.15, -0.1) is 0 Å². The van der Waals surface area contributed by atoms with Crippen molar-refractivity contribution in [3.8, 4) is 0 Å². The Hall–Kier alpha value is -0.830. The summed E-state index contributed by atoms with van der Waals surface area (Å²) in [5.41, 5.74) is 0. The molecule has 0 radical (unpaired) electrons. The summed E-state index contributed by atoms with van der Waals surface area (Å²) >= 11 is 0. The number of carbonyl (C=O) groups excluding carboxylic acids is 1. The first-order valence-corrected chi connectivity index (χ1v) is 5.09. The minimum Gasteiger partial charge on any atom is -0.464 e. The molecule has 3 atom stereocenters. The van der Waals surface area contributed by atoms with Crippen LogP contribution in [0.25, 0.3) is 0 Å². The highest BCUT2D eigenvalue weighted by Crippen LogP contribution is 2.38. The van der Waals surface area contributed by atoms with Crippen LogP contribution in [0, 0.1) is 5.92 Å². The topological polar surface area (TPSA) is 38.8 Å². The fourth-order valence-electron chi connectivity index (χ4n) is 1.71. The summed E-state index contributed by atoms with van der Waals surface area (Å²) in [5, 5.41) is 0. The van der Waals surface area contributed by atoms with Gasteiger partial charge in [0.25, 0.3) is 6.47 Å². The normalized spacial score (nSPS) is 33.1. The first-order chi connectivity index (χ1) is 6.77. The molecular weight excluding hydrogens is 180 g/mol. The molecule has 1 saturated carbocycles. The second-order valence-corrected chi connectivity index (χ2v) is 3.85. The third-order valence-electron chi connectivity index (χ3n) is 2.55. The third-order valence-corrected chi connectivity index (χ3v) is 2.55. The SMILES string of the molecule is C=CCOC=O.CC1CCC2OC2C1. The summed E-state index contributed by atoms with van der Waals surface area (Å²) in [6.07, 6.45) is 6.91. The molecular formula is C11H18O3. The van der Waals surface area contributed by atoms with E-state index in [9.17, 15) is 4.79 Å². The molecule has 80 valence electrons. The van der Waals surface area contributed by atoms with Crippen molar-refractivity contribution in [1.82, 2.24) is 0 Å². The lowest BCUT2D eigenvalue weighted by Crippen LogP contribution is -2.09. The first-order valence-electron chi connectivity index (χ1n) is 5.09. The molecule has 1 aliphatic carbocycles. The minimum absolute atomic E-state index is 0.309. The number of ether oxygens (including phenoxy) is 2. The summed E-state index contributed by atoms with van der Waals surface area (Å²) in [6, 6.07) is 0. The van der Waals surface area contributed by atoms with E-state index in [-0.39, 0.29) is 0 Å². The van der Waals surface area contributed by atoms with Gasteiger partial charge in [0.2, 0.25) is 0 Å². The molecule has 0 amide bonds. The molecule has 2 rings (SSSR count).